The average molecular weight is 682 g/mol. The number of nitrogens with one attached hydrogen (secondary N) is 1. The Bertz CT molecular complexity index is 1770. The maximum Gasteiger partial charge on any atom is 0.407 e. The maximum atomic E-state index is 14.4. The van der Waals surface area contributed by atoms with Crippen LogP contribution in [-0.4, -0.2) is 66.3 Å². The number of hydrogen-bond acceptors (Lipinski definition) is 7. The Balaban J connectivity index is 1.54. The lowest BCUT2D eigenvalue weighted by molar-refractivity contribution is 0.0566. The number of nitrogens with two attached hydrogens (primary N) is 1. The van der Waals surface area contributed by atoms with Crippen LogP contribution in [0.1, 0.15) is 75.5 Å². The minimum atomic E-state index is -2.78. The van der Waals surface area contributed by atoms with Gasteiger partial charge in [0, 0.05) is 29.4 Å². The van der Waals surface area contributed by atoms with Crippen LogP contribution in [0.15, 0.2) is 72.2 Å². The molecule has 0 saturated heterocycles. The second kappa shape index (κ2) is 14.1. The van der Waals surface area contributed by atoms with E-state index in [2.05, 4.69) is 46.5 Å². The van der Waals surface area contributed by atoms with Gasteiger partial charge in [0.1, 0.15) is 6.61 Å². The van der Waals surface area contributed by atoms with Crippen LogP contribution in [0, 0.1) is 5.41 Å². The quantitative estimate of drug-likeness (QED) is 0.138. The number of alkyl carbamates (subject to hydrolysis) is 1. The molecule has 3 N–H and O–H groups in total. The molecule has 1 saturated carbocycles. The Labute approximate surface area is 281 Å². The van der Waals surface area contributed by atoms with Crippen molar-refractivity contribution in [3.63, 3.8) is 0 Å². The van der Waals surface area contributed by atoms with E-state index in [0.717, 1.165) is 12.8 Å². The number of alkyl halides is 2. The zero-order valence-corrected chi connectivity index (χ0v) is 27.9. The van der Waals surface area contributed by atoms with Crippen molar-refractivity contribution >= 4 is 29.6 Å². The highest BCUT2D eigenvalue weighted by atomic mass is 35.5. The van der Waals surface area contributed by atoms with Crippen LogP contribution < -0.4 is 11.1 Å². The molecule has 0 spiro atoms. The Morgan fingerprint density at radius 1 is 1.17 bits per heavy atom. The van der Waals surface area contributed by atoms with Crippen molar-refractivity contribution in [2.24, 2.45) is 16.1 Å². The standard InChI is InChI=1S/C33H38ClF2N9O3/c1-32(2,3)13-14-38-30(37)45(28(46)22-7-5-21(6-8-22)24-18-40-44(19-24)29(35)36)27(20-48-31(47)41-33(4)11-12-33)23-9-10-25(34)26(17-23)43-16-15-39-42-43/h5-10,15-19,27,29H,11-14,20H2,1-4H3,(H2,37,38)(H,41,47)/t27-/m1/s1. The number of guanidine groups is 1. The highest BCUT2D eigenvalue weighted by Crippen LogP contribution is 2.35. The van der Waals surface area contributed by atoms with Gasteiger partial charge in [0.15, 0.2) is 5.96 Å². The SMILES string of the molecule is CC(C)(C)CCN=C(N)N(C(=O)c1ccc(-c2cnn(C(F)F)c2)cc1)[C@H](COC(=O)NC1(C)CC1)c1ccc(Cl)c(-n2ccnn2)c1. The smallest absolute Gasteiger partial charge is 0.407 e. The summed E-state index contributed by atoms with van der Waals surface area (Å²) in [5, 5.41) is 14.8. The number of benzene rings is 2. The lowest BCUT2D eigenvalue weighted by Crippen LogP contribution is -2.47. The molecular weight excluding hydrogens is 644 g/mol. The molecule has 2 aromatic heterocycles. The summed E-state index contributed by atoms with van der Waals surface area (Å²) in [6.45, 7) is 5.43. The summed E-state index contributed by atoms with van der Waals surface area (Å²) in [6.07, 6.45) is 7.40. The average Bonchev–Trinajstić information content (AvgIpc) is 3.42. The van der Waals surface area contributed by atoms with Gasteiger partial charge in [-0.25, -0.2) is 14.2 Å². The molecule has 5 rings (SSSR count). The maximum absolute atomic E-state index is 14.4. The summed E-state index contributed by atoms with van der Waals surface area (Å²) in [5.74, 6) is -0.603. The fourth-order valence-corrected chi connectivity index (χ4v) is 5.05. The normalized spacial score (nSPS) is 14.9. The van der Waals surface area contributed by atoms with E-state index in [1.165, 1.54) is 28.2 Å². The van der Waals surface area contributed by atoms with Crippen molar-refractivity contribution in [1.82, 2.24) is 35.0 Å². The number of ether oxygens (including phenoxy) is 1. The molecule has 48 heavy (non-hydrogen) atoms. The van der Waals surface area contributed by atoms with Gasteiger partial charge in [-0.1, -0.05) is 55.8 Å². The number of carbonyl (C=O) groups excluding carboxylic acids is 2. The van der Waals surface area contributed by atoms with Crippen molar-refractivity contribution < 1.29 is 23.1 Å². The number of halogens is 3. The molecule has 1 fully saturated rings. The number of carbonyl (C=O) groups is 2. The van der Waals surface area contributed by atoms with Gasteiger partial charge >= 0.3 is 12.6 Å². The third kappa shape index (κ3) is 8.54. The first kappa shape index (κ1) is 34.5. The number of aliphatic imine (C=N–C) groups is 1. The summed E-state index contributed by atoms with van der Waals surface area (Å²) in [4.78, 5) is 33.2. The molecule has 12 nitrogen and oxygen atoms in total. The van der Waals surface area contributed by atoms with E-state index < -0.39 is 24.6 Å². The molecule has 0 unspecified atom stereocenters. The minimum Gasteiger partial charge on any atom is -0.447 e. The van der Waals surface area contributed by atoms with Crippen molar-refractivity contribution in [3.05, 3.63) is 83.4 Å². The van der Waals surface area contributed by atoms with E-state index in [1.54, 1.807) is 48.7 Å². The molecule has 0 radical (unpaired) electrons. The van der Waals surface area contributed by atoms with E-state index in [-0.39, 0.29) is 29.1 Å². The number of amides is 2. The highest BCUT2D eigenvalue weighted by molar-refractivity contribution is 6.32. The molecule has 2 heterocycles. The van der Waals surface area contributed by atoms with E-state index in [1.807, 2.05) is 6.92 Å². The van der Waals surface area contributed by atoms with Gasteiger partial charge in [0.2, 0.25) is 0 Å². The largest absolute Gasteiger partial charge is 0.447 e. The molecule has 4 aromatic rings. The van der Waals surface area contributed by atoms with Crippen molar-refractivity contribution in [2.45, 2.75) is 65.1 Å². The summed E-state index contributed by atoms with van der Waals surface area (Å²) < 4.78 is 33.9. The number of rotatable bonds is 11. The molecule has 0 aliphatic heterocycles. The Morgan fingerprint density at radius 2 is 1.90 bits per heavy atom. The van der Waals surface area contributed by atoms with Crippen LogP contribution in [-0.2, 0) is 4.74 Å². The topological polar surface area (TPSA) is 146 Å². The number of nitrogens with zero attached hydrogens (tertiary/aromatic N) is 7. The van der Waals surface area contributed by atoms with Crippen LogP contribution in [0.25, 0.3) is 16.8 Å². The summed E-state index contributed by atoms with van der Waals surface area (Å²) in [5.41, 5.74) is 8.53. The van der Waals surface area contributed by atoms with Gasteiger partial charge in [-0.05, 0) is 67.0 Å². The Kier molecular flexibility index (Phi) is 10.1. The molecule has 254 valence electrons. The molecule has 2 amide bonds. The molecule has 1 aliphatic rings. The highest BCUT2D eigenvalue weighted by Gasteiger charge is 2.40. The van der Waals surface area contributed by atoms with E-state index in [9.17, 15) is 18.4 Å². The van der Waals surface area contributed by atoms with Crippen LogP contribution in [0.4, 0.5) is 13.6 Å². The van der Waals surface area contributed by atoms with Crippen LogP contribution in [0.3, 0.4) is 0 Å². The second-order valence-corrected chi connectivity index (χ2v) is 13.6. The monoisotopic (exact) mass is 681 g/mol. The van der Waals surface area contributed by atoms with Gasteiger partial charge in [0.05, 0.1) is 35.3 Å². The zero-order valence-electron chi connectivity index (χ0n) is 27.1. The number of aromatic nitrogens is 5. The Hall–Kier alpha value is -4.85. The van der Waals surface area contributed by atoms with Gasteiger partial charge in [-0.3, -0.25) is 14.7 Å². The second-order valence-electron chi connectivity index (χ2n) is 13.1. The van der Waals surface area contributed by atoms with Gasteiger partial charge in [-0.2, -0.15) is 13.9 Å². The molecule has 15 heteroatoms. The van der Waals surface area contributed by atoms with Crippen LogP contribution in [0.2, 0.25) is 5.02 Å². The predicted molar refractivity (Wildman–Crippen MR) is 177 cm³/mol. The first-order chi connectivity index (χ1) is 22.7. The molecule has 1 aliphatic carbocycles. The lowest BCUT2D eigenvalue weighted by Gasteiger charge is -2.32. The fourth-order valence-electron chi connectivity index (χ4n) is 4.84. The summed E-state index contributed by atoms with van der Waals surface area (Å²) in [6, 6.07) is 10.5. The molecular formula is C33H38ClF2N9O3. The molecule has 0 bridgehead atoms. The number of hydrogen-bond donors (Lipinski definition) is 2. The predicted octanol–water partition coefficient (Wildman–Crippen LogP) is 6.39. The minimum absolute atomic E-state index is 0.0466. The third-order valence-electron chi connectivity index (χ3n) is 7.98. The summed E-state index contributed by atoms with van der Waals surface area (Å²) >= 11 is 6.53. The Morgan fingerprint density at radius 3 is 2.50 bits per heavy atom. The third-order valence-corrected chi connectivity index (χ3v) is 8.30. The first-order valence-electron chi connectivity index (χ1n) is 15.4. The van der Waals surface area contributed by atoms with Crippen LogP contribution in [0.5, 0.6) is 0 Å². The van der Waals surface area contributed by atoms with E-state index >= 15 is 0 Å². The van der Waals surface area contributed by atoms with Crippen molar-refractivity contribution in [3.8, 4) is 16.8 Å². The lowest BCUT2D eigenvalue weighted by atomic mass is 9.92. The first-order valence-corrected chi connectivity index (χ1v) is 15.8. The van der Waals surface area contributed by atoms with Gasteiger partial charge in [-0.15, -0.1) is 5.10 Å². The van der Waals surface area contributed by atoms with Crippen LogP contribution >= 0.6 is 11.6 Å². The summed E-state index contributed by atoms with van der Waals surface area (Å²) in [7, 11) is 0. The van der Waals surface area contributed by atoms with E-state index in [0.29, 0.717) is 45.0 Å². The fraction of sp³-hybridized carbons (Fsp3) is 0.394. The zero-order chi connectivity index (χ0) is 34.6. The van der Waals surface area contributed by atoms with Crippen molar-refractivity contribution in [2.75, 3.05) is 13.2 Å². The van der Waals surface area contributed by atoms with Gasteiger partial charge in [0.25, 0.3) is 5.91 Å². The molecule has 2 aromatic carbocycles. The van der Waals surface area contributed by atoms with Crippen molar-refractivity contribution in [1.29, 1.82) is 0 Å². The molecule has 1 atom stereocenters. The van der Waals surface area contributed by atoms with E-state index in [4.69, 9.17) is 22.1 Å². The van der Waals surface area contributed by atoms with Gasteiger partial charge < -0.3 is 15.8 Å².